The van der Waals surface area contributed by atoms with Crippen LogP contribution in [0.4, 0.5) is 5.69 Å². The third-order valence-corrected chi connectivity index (χ3v) is 5.07. The predicted molar refractivity (Wildman–Crippen MR) is 104 cm³/mol. The smallest absolute Gasteiger partial charge is 0.243 e. The molecule has 0 radical (unpaired) electrons. The molecule has 2 amide bonds. The van der Waals surface area contributed by atoms with Crippen molar-refractivity contribution in [1.82, 2.24) is 4.90 Å². The maximum absolute atomic E-state index is 12.5. The van der Waals surface area contributed by atoms with Crippen molar-refractivity contribution >= 4 is 17.5 Å². The number of para-hydroxylation sites is 1. The van der Waals surface area contributed by atoms with Gasteiger partial charge >= 0.3 is 0 Å². The standard InChI is InChI=1S/C22H26N2O2/c1-15-6-4-7-16(2)22(15)23-20(25)14-24(3)21(26)13-17-10-11-18-8-5-9-19(18)12-17/h4,6-7,10-12H,5,8-9,13-14H2,1-3H3,(H,23,25). The van der Waals surface area contributed by atoms with E-state index in [1.165, 1.54) is 22.4 Å². The van der Waals surface area contributed by atoms with E-state index in [9.17, 15) is 9.59 Å². The molecule has 0 saturated heterocycles. The van der Waals surface area contributed by atoms with E-state index in [0.29, 0.717) is 6.42 Å². The molecule has 0 aliphatic heterocycles. The second-order valence-corrected chi connectivity index (χ2v) is 7.20. The Labute approximate surface area is 155 Å². The van der Waals surface area contributed by atoms with Gasteiger partial charge in [-0.25, -0.2) is 0 Å². The van der Waals surface area contributed by atoms with Crippen LogP contribution >= 0.6 is 0 Å². The molecule has 0 atom stereocenters. The zero-order chi connectivity index (χ0) is 18.7. The van der Waals surface area contributed by atoms with Gasteiger partial charge in [-0.05, 0) is 60.9 Å². The minimum absolute atomic E-state index is 0.0420. The van der Waals surface area contributed by atoms with Crippen LogP contribution in [0.2, 0.25) is 0 Å². The van der Waals surface area contributed by atoms with Gasteiger partial charge in [0.1, 0.15) is 0 Å². The lowest BCUT2D eigenvalue weighted by Crippen LogP contribution is -2.36. The van der Waals surface area contributed by atoms with Gasteiger partial charge in [0.15, 0.2) is 0 Å². The number of carbonyl (C=O) groups excluding carboxylic acids is 2. The lowest BCUT2D eigenvalue weighted by Gasteiger charge is -2.18. The fourth-order valence-electron chi connectivity index (χ4n) is 3.54. The van der Waals surface area contributed by atoms with E-state index in [1.54, 1.807) is 7.05 Å². The number of fused-ring (bicyclic) bond motifs is 1. The summed E-state index contributed by atoms with van der Waals surface area (Å²) in [5.41, 5.74) is 6.67. The Bertz CT molecular complexity index is 822. The average Bonchev–Trinajstić information content (AvgIpc) is 3.06. The zero-order valence-electron chi connectivity index (χ0n) is 15.8. The van der Waals surface area contributed by atoms with E-state index in [-0.39, 0.29) is 18.4 Å². The third-order valence-electron chi connectivity index (χ3n) is 5.07. The molecule has 4 heteroatoms. The molecule has 136 valence electrons. The molecule has 0 unspecified atom stereocenters. The van der Waals surface area contributed by atoms with E-state index in [1.807, 2.05) is 38.1 Å². The predicted octanol–water partition coefficient (Wildman–Crippen LogP) is 3.43. The molecule has 0 spiro atoms. The minimum Gasteiger partial charge on any atom is -0.336 e. The van der Waals surface area contributed by atoms with E-state index in [0.717, 1.165) is 35.2 Å². The number of nitrogens with one attached hydrogen (secondary N) is 1. The number of hydrogen-bond donors (Lipinski definition) is 1. The Kier molecular flexibility index (Phi) is 5.40. The molecule has 0 saturated carbocycles. The van der Waals surface area contributed by atoms with Crippen molar-refractivity contribution in [2.45, 2.75) is 39.5 Å². The number of anilines is 1. The SMILES string of the molecule is Cc1cccc(C)c1NC(=O)CN(C)C(=O)Cc1ccc2c(c1)CCC2. The Hall–Kier alpha value is -2.62. The van der Waals surface area contributed by atoms with Crippen LogP contribution in [0.5, 0.6) is 0 Å². The second-order valence-electron chi connectivity index (χ2n) is 7.20. The molecule has 1 aliphatic carbocycles. The van der Waals surface area contributed by atoms with Crippen molar-refractivity contribution in [1.29, 1.82) is 0 Å². The summed E-state index contributed by atoms with van der Waals surface area (Å²) >= 11 is 0. The van der Waals surface area contributed by atoms with Crippen LogP contribution in [0.25, 0.3) is 0 Å². The number of aryl methyl sites for hydroxylation is 4. The van der Waals surface area contributed by atoms with Crippen molar-refractivity contribution in [3.63, 3.8) is 0 Å². The summed E-state index contributed by atoms with van der Waals surface area (Å²) in [6.45, 7) is 3.98. The Balaban J connectivity index is 1.58. The molecule has 0 heterocycles. The molecule has 26 heavy (non-hydrogen) atoms. The summed E-state index contributed by atoms with van der Waals surface area (Å²) in [6, 6.07) is 12.2. The number of benzene rings is 2. The van der Waals surface area contributed by atoms with Crippen LogP contribution in [-0.4, -0.2) is 30.3 Å². The monoisotopic (exact) mass is 350 g/mol. The summed E-state index contributed by atoms with van der Waals surface area (Å²) in [5, 5.41) is 2.93. The molecule has 3 rings (SSSR count). The van der Waals surface area contributed by atoms with Gasteiger partial charge in [-0.2, -0.15) is 0 Å². The van der Waals surface area contributed by atoms with Crippen LogP contribution in [0.3, 0.4) is 0 Å². The normalized spacial score (nSPS) is 12.6. The fraction of sp³-hybridized carbons (Fsp3) is 0.364. The maximum atomic E-state index is 12.5. The maximum Gasteiger partial charge on any atom is 0.243 e. The first-order valence-electron chi connectivity index (χ1n) is 9.15. The Morgan fingerprint density at radius 1 is 1.04 bits per heavy atom. The first-order chi connectivity index (χ1) is 12.4. The van der Waals surface area contributed by atoms with Gasteiger partial charge < -0.3 is 10.2 Å². The van der Waals surface area contributed by atoms with Crippen LogP contribution in [0.15, 0.2) is 36.4 Å². The number of hydrogen-bond acceptors (Lipinski definition) is 2. The van der Waals surface area contributed by atoms with Crippen molar-refractivity contribution in [2.75, 3.05) is 18.9 Å². The zero-order valence-corrected chi connectivity index (χ0v) is 15.8. The number of likely N-dealkylation sites (N-methyl/N-ethyl adjacent to an activating group) is 1. The van der Waals surface area contributed by atoms with E-state index < -0.39 is 0 Å². The highest BCUT2D eigenvalue weighted by Gasteiger charge is 2.16. The molecule has 0 fully saturated rings. The molecule has 2 aromatic rings. The van der Waals surface area contributed by atoms with Crippen LogP contribution < -0.4 is 5.32 Å². The highest BCUT2D eigenvalue weighted by Crippen LogP contribution is 2.23. The van der Waals surface area contributed by atoms with Gasteiger partial charge in [0, 0.05) is 12.7 Å². The van der Waals surface area contributed by atoms with Crippen LogP contribution in [0.1, 0.15) is 34.2 Å². The van der Waals surface area contributed by atoms with Gasteiger partial charge in [-0.3, -0.25) is 9.59 Å². The van der Waals surface area contributed by atoms with Crippen molar-refractivity contribution in [3.8, 4) is 0 Å². The fourth-order valence-corrected chi connectivity index (χ4v) is 3.54. The van der Waals surface area contributed by atoms with Crippen LogP contribution in [-0.2, 0) is 28.9 Å². The first-order valence-corrected chi connectivity index (χ1v) is 9.15. The Morgan fingerprint density at radius 3 is 2.46 bits per heavy atom. The average molecular weight is 350 g/mol. The summed E-state index contributed by atoms with van der Waals surface area (Å²) < 4.78 is 0. The largest absolute Gasteiger partial charge is 0.336 e. The summed E-state index contributed by atoms with van der Waals surface area (Å²) in [5.74, 6) is -0.216. The Morgan fingerprint density at radius 2 is 1.73 bits per heavy atom. The molecule has 0 bridgehead atoms. The molecule has 0 aromatic heterocycles. The number of carbonyl (C=O) groups is 2. The lowest BCUT2D eigenvalue weighted by atomic mass is 10.0. The quantitative estimate of drug-likeness (QED) is 0.898. The van der Waals surface area contributed by atoms with E-state index in [2.05, 4.69) is 17.4 Å². The number of amides is 2. The number of rotatable bonds is 5. The highest BCUT2D eigenvalue weighted by molar-refractivity contribution is 5.95. The molecule has 2 aromatic carbocycles. The lowest BCUT2D eigenvalue weighted by molar-refractivity contribution is -0.132. The van der Waals surface area contributed by atoms with Crippen molar-refractivity contribution < 1.29 is 9.59 Å². The van der Waals surface area contributed by atoms with Gasteiger partial charge in [-0.15, -0.1) is 0 Å². The van der Waals surface area contributed by atoms with Gasteiger partial charge in [0.25, 0.3) is 0 Å². The third kappa shape index (κ3) is 4.13. The first kappa shape index (κ1) is 18.2. The van der Waals surface area contributed by atoms with Gasteiger partial charge in [0.2, 0.25) is 11.8 Å². The number of nitrogens with zero attached hydrogens (tertiary/aromatic N) is 1. The van der Waals surface area contributed by atoms with Crippen LogP contribution in [0, 0.1) is 13.8 Å². The molecule has 4 nitrogen and oxygen atoms in total. The van der Waals surface area contributed by atoms with E-state index in [4.69, 9.17) is 0 Å². The van der Waals surface area contributed by atoms with Crippen molar-refractivity contribution in [2.24, 2.45) is 0 Å². The second kappa shape index (κ2) is 7.73. The molecule has 1 N–H and O–H groups in total. The molecule has 1 aliphatic rings. The van der Waals surface area contributed by atoms with Gasteiger partial charge in [-0.1, -0.05) is 36.4 Å². The molecular weight excluding hydrogens is 324 g/mol. The summed E-state index contributed by atoms with van der Waals surface area (Å²) in [4.78, 5) is 26.3. The highest BCUT2D eigenvalue weighted by atomic mass is 16.2. The van der Waals surface area contributed by atoms with Crippen molar-refractivity contribution in [3.05, 3.63) is 64.2 Å². The van der Waals surface area contributed by atoms with Gasteiger partial charge in [0.05, 0.1) is 13.0 Å². The topological polar surface area (TPSA) is 49.4 Å². The minimum atomic E-state index is -0.174. The summed E-state index contributed by atoms with van der Waals surface area (Å²) in [6.07, 6.45) is 3.78. The van der Waals surface area contributed by atoms with E-state index >= 15 is 0 Å². The molecular formula is C22H26N2O2. The summed E-state index contributed by atoms with van der Waals surface area (Å²) in [7, 11) is 1.68.